The van der Waals surface area contributed by atoms with E-state index in [0.29, 0.717) is 5.11 Å². The first-order chi connectivity index (χ1) is 19.0. The zero-order valence-corrected chi connectivity index (χ0v) is 22.9. The van der Waals surface area contributed by atoms with Crippen molar-refractivity contribution in [3.8, 4) is 17.3 Å². The summed E-state index contributed by atoms with van der Waals surface area (Å²) in [5, 5.41) is 4.22. The molecule has 194 valence electrons. The van der Waals surface area contributed by atoms with Crippen LogP contribution in [0.5, 0.6) is 11.5 Å². The minimum Gasteiger partial charge on any atom is -0.457 e. The van der Waals surface area contributed by atoms with Gasteiger partial charge in [-0.15, -0.1) is 0 Å². The van der Waals surface area contributed by atoms with Crippen LogP contribution in [-0.4, -0.2) is 19.6 Å². The molecule has 0 spiro atoms. The first-order valence-electron chi connectivity index (χ1n) is 13.0. The van der Waals surface area contributed by atoms with Crippen molar-refractivity contribution in [2.75, 3.05) is 4.90 Å². The van der Waals surface area contributed by atoms with Crippen LogP contribution in [0.4, 0.5) is 5.69 Å². The predicted octanol–water partition coefficient (Wildman–Crippen LogP) is 7.16. The lowest BCUT2D eigenvalue weighted by Gasteiger charge is -2.28. The van der Waals surface area contributed by atoms with Crippen LogP contribution in [0.2, 0.25) is 0 Å². The Balaban J connectivity index is 1.41. The Bertz CT molecular complexity index is 1620. The quantitative estimate of drug-likeness (QED) is 0.235. The maximum Gasteiger partial charge on any atom is 0.174 e. The standard InChI is InChI=1S/C32H29N5OS/c1-21-10-4-5-12-28(21)38-25-16-14-24(15-17-25)37-31(30(35-32(37)39)27-11-6-8-18-33-27)26-20-22(2)36(23(26)3)29-13-7-9-19-34-29/h4-20,30-31H,1-3H3,(H,35,39)/t30-,31-/m0/s1. The number of rotatable bonds is 6. The summed E-state index contributed by atoms with van der Waals surface area (Å²) < 4.78 is 8.35. The number of nitrogens with zero attached hydrogens (tertiary/aromatic N) is 4. The molecule has 1 N–H and O–H groups in total. The molecule has 2 aromatic carbocycles. The molecule has 6 rings (SSSR count). The molecule has 1 aliphatic rings. The molecule has 0 unspecified atom stereocenters. The first kappa shape index (κ1) is 24.8. The van der Waals surface area contributed by atoms with Crippen LogP contribution in [0.25, 0.3) is 5.82 Å². The van der Waals surface area contributed by atoms with Crippen molar-refractivity contribution < 1.29 is 4.74 Å². The van der Waals surface area contributed by atoms with Crippen molar-refractivity contribution in [1.82, 2.24) is 19.9 Å². The maximum absolute atomic E-state index is 6.16. The molecule has 0 aliphatic carbocycles. The highest BCUT2D eigenvalue weighted by Crippen LogP contribution is 2.44. The van der Waals surface area contributed by atoms with Crippen molar-refractivity contribution >= 4 is 23.0 Å². The molecule has 5 aromatic rings. The van der Waals surface area contributed by atoms with E-state index in [1.807, 2.05) is 92.1 Å². The van der Waals surface area contributed by atoms with E-state index in [-0.39, 0.29) is 12.1 Å². The van der Waals surface area contributed by atoms with Gasteiger partial charge in [0.05, 0.1) is 17.8 Å². The highest BCUT2D eigenvalue weighted by Gasteiger charge is 2.42. The molecule has 0 radical (unpaired) electrons. The molecular formula is C32H29N5OS. The topological polar surface area (TPSA) is 55.2 Å². The summed E-state index contributed by atoms with van der Waals surface area (Å²) in [7, 11) is 0. The van der Waals surface area contributed by atoms with Gasteiger partial charge in [-0.2, -0.15) is 0 Å². The van der Waals surface area contributed by atoms with Gasteiger partial charge in [0.15, 0.2) is 5.11 Å². The smallest absolute Gasteiger partial charge is 0.174 e. The van der Waals surface area contributed by atoms with Gasteiger partial charge in [0.2, 0.25) is 0 Å². The molecule has 1 fully saturated rings. The van der Waals surface area contributed by atoms with Crippen LogP contribution in [0, 0.1) is 20.8 Å². The minimum absolute atomic E-state index is 0.112. The van der Waals surface area contributed by atoms with Gasteiger partial charge in [-0.05, 0) is 105 Å². The van der Waals surface area contributed by atoms with Gasteiger partial charge in [-0.3, -0.25) is 4.98 Å². The molecule has 6 nitrogen and oxygen atoms in total. The zero-order valence-electron chi connectivity index (χ0n) is 22.1. The molecule has 2 atom stereocenters. The fraction of sp³-hybridized carbons (Fsp3) is 0.156. The normalized spacial score (nSPS) is 16.8. The first-order valence-corrected chi connectivity index (χ1v) is 13.4. The van der Waals surface area contributed by atoms with Crippen molar-refractivity contribution in [2.24, 2.45) is 0 Å². The monoisotopic (exact) mass is 531 g/mol. The van der Waals surface area contributed by atoms with Crippen molar-refractivity contribution in [2.45, 2.75) is 32.9 Å². The summed E-state index contributed by atoms with van der Waals surface area (Å²) in [6.45, 7) is 6.30. The van der Waals surface area contributed by atoms with Gasteiger partial charge >= 0.3 is 0 Å². The van der Waals surface area contributed by atoms with Crippen LogP contribution in [0.3, 0.4) is 0 Å². The van der Waals surface area contributed by atoms with E-state index >= 15 is 0 Å². The Hall–Kier alpha value is -4.49. The highest BCUT2D eigenvalue weighted by molar-refractivity contribution is 7.80. The van der Waals surface area contributed by atoms with Gasteiger partial charge in [-0.1, -0.05) is 30.3 Å². The number of aryl methyl sites for hydroxylation is 2. The maximum atomic E-state index is 6.16. The second kappa shape index (κ2) is 10.3. The van der Waals surface area contributed by atoms with Crippen LogP contribution in [0.15, 0.2) is 103 Å². The number of hydrogen-bond acceptors (Lipinski definition) is 4. The Labute approximate surface area is 233 Å². The lowest BCUT2D eigenvalue weighted by atomic mass is 9.96. The van der Waals surface area contributed by atoms with Crippen molar-refractivity contribution in [1.29, 1.82) is 0 Å². The number of para-hydroxylation sites is 1. The van der Waals surface area contributed by atoms with Gasteiger partial charge in [0, 0.05) is 29.5 Å². The summed E-state index contributed by atoms with van der Waals surface area (Å²) in [5.41, 5.74) is 6.41. The SMILES string of the molecule is Cc1ccccc1Oc1ccc(N2C(=S)N[C@@H](c3ccccn3)[C@@H]2c2cc(C)n(-c3ccccn3)c2C)cc1. The Kier molecular flexibility index (Phi) is 6.59. The van der Waals surface area contributed by atoms with E-state index in [9.17, 15) is 0 Å². The van der Waals surface area contributed by atoms with Crippen LogP contribution >= 0.6 is 12.2 Å². The van der Waals surface area contributed by atoms with E-state index < -0.39 is 0 Å². The molecule has 1 saturated heterocycles. The van der Waals surface area contributed by atoms with Gasteiger partial charge in [-0.25, -0.2) is 4.98 Å². The molecule has 0 saturated carbocycles. The summed E-state index contributed by atoms with van der Waals surface area (Å²) in [5.74, 6) is 2.52. The number of thiocarbonyl (C=S) groups is 1. The fourth-order valence-corrected chi connectivity index (χ4v) is 5.69. The molecule has 3 aromatic heterocycles. The third-order valence-corrected chi connectivity index (χ3v) is 7.52. The third kappa shape index (κ3) is 4.66. The lowest BCUT2D eigenvalue weighted by Crippen LogP contribution is -2.29. The molecule has 39 heavy (non-hydrogen) atoms. The van der Waals surface area contributed by atoms with Crippen molar-refractivity contribution in [3.63, 3.8) is 0 Å². The zero-order chi connectivity index (χ0) is 26.9. The predicted molar refractivity (Wildman–Crippen MR) is 159 cm³/mol. The van der Waals surface area contributed by atoms with E-state index in [0.717, 1.165) is 45.6 Å². The van der Waals surface area contributed by atoms with Crippen LogP contribution in [-0.2, 0) is 0 Å². The van der Waals surface area contributed by atoms with Crippen molar-refractivity contribution in [3.05, 3.63) is 132 Å². The summed E-state index contributed by atoms with van der Waals surface area (Å²) in [4.78, 5) is 11.5. The Morgan fingerprint density at radius 2 is 1.54 bits per heavy atom. The second-order valence-corrected chi connectivity index (χ2v) is 10.1. The van der Waals surface area contributed by atoms with Gasteiger partial charge in [0.1, 0.15) is 17.3 Å². The summed E-state index contributed by atoms with van der Waals surface area (Å²) >= 11 is 5.94. The third-order valence-electron chi connectivity index (χ3n) is 7.20. The number of aromatic nitrogens is 3. The number of benzene rings is 2. The summed E-state index contributed by atoms with van der Waals surface area (Å²) in [6, 6.07) is 30.1. The van der Waals surface area contributed by atoms with E-state index in [2.05, 4.69) is 51.8 Å². The number of anilines is 1. The van der Waals surface area contributed by atoms with Crippen LogP contribution in [0.1, 0.15) is 40.3 Å². The molecule has 4 heterocycles. The second-order valence-electron chi connectivity index (χ2n) is 9.71. The number of hydrogen-bond donors (Lipinski definition) is 1. The Morgan fingerprint density at radius 3 is 2.23 bits per heavy atom. The Morgan fingerprint density at radius 1 is 0.821 bits per heavy atom. The number of nitrogens with one attached hydrogen (secondary N) is 1. The van der Waals surface area contributed by atoms with Gasteiger partial charge in [0.25, 0.3) is 0 Å². The lowest BCUT2D eigenvalue weighted by molar-refractivity contribution is 0.479. The summed E-state index contributed by atoms with van der Waals surface area (Å²) in [6.07, 6.45) is 3.65. The highest BCUT2D eigenvalue weighted by atomic mass is 32.1. The van der Waals surface area contributed by atoms with Gasteiger partial charge < -0.3 is 19.5 Å². The number of ether oxygens (including phenoxy) is 1. The average Bonchev–Trinajstić information content (AvgIpc) is 3.46. The van der Waals surface area contributed by atoms with E-state index in [1.54, 1.807) is 0 Å². The van der Waals surface area contributed by atoms with Crippen LogP contribution < -0.4 is 15.0 Å². The minimum atomic E-state index is -0.126. The van der Waals surface area contributed by atoms with E-state index in [1.165, 1.54) is 5.56 Å². The molecule has 1 aliphatic heterocycles. The average molecular weight is 532 g/mol. The largest absolute Gasteiger partial charge is 0.457 e. The molecule has 0 amide bonds. The molecular weight excluding hydrogens is 502 g/mol. The molecule has 0 bridgehead atoms. The number of pyridine rings is 2. The van der Waals surface area contributed by atoms with E-state index in [4.69, 9.17) is 21.9 Å². The molecule has 7 heteroatoms. The fourth-order valence-electron chi connectivity index (χ4n) is 5.35.